The summed E-state index contributed by atoms with van der Waals surface area (Å²) >= 11 is 5.89. The number of rotatable bonds is 10. The van der Waals surface area contributed by atoms with Gasteiger partial charge in [-0.05, 0) is 66.9 Å². The maximum atomic E-state index is 14.3. The van der Waals surface area contributed by atoms with Gasteiger partial charge in [-0.2, -0.15) is 21.6 Å². The lowest BCUT2D eigenvalue weighted by atomic mass is 9.63. The van der Waals surface area contributed by atoms with Crippen LogP contribution >= 0.6 is 11.6 Å². The number of carbonyl (C=O) groups is 1. The molecule has 0 atom stereocenters. The van der Waals surface area contributed by atoms with Gasteiger partial charge in [0.1, 0.15) is 27.0 Å². The van der Waals surface area contributed by atoms with Crippen molar-refractivity contribution in [2.24, 2.45) is 4.40 Å². The molecule has 3 aromatic carbocycles. The third-order valence-electron chi connectivity index (χ3n) is 8.65. The second kappa shape index (κ2) is 13.6. The van der Waals surface area contributed by atoms with Crippen LogP contribution in [0.4, 0.5) is 24.5 Å². The van der Waals surface area contributed by atoms with E-state index in [0.717, 1.165) is 18.2 Å². The molecule has 4 aromatic rings. The van der Waals surface area contributed by atoms with Crippen LogP contribution in [0.1, 0.15) is 56.2 Å². The van der Waals surface area contributed by atoms with Crippen LogP contribution in [0.15, 0.2) is 98.8 Å². The molecule has 0 unspecified atom stereocenters. The van der Waals surface area contributed by atoms with Crippen LogP contribution in [0.3, 0.4) is 0 Å². The molecular formula is C35H30ClF3N4O7S2. The van der Waals surface area contributed by atoms with Gasteiger partial charge in [-0.25, -0.2) is 13.4 Å². The summed E-state index contributed by atoms with van der Waals surface area (Å²) in [5.41, 5.74) is -1.36. The molecule has 6 rings (SSSR count). The first-order valence-corrected chi connectivity index (χ1v) is 19.2. The number of benzene rings is 3. The topological polar surface area (TPSA) is 164 Å². The van der Waals surface area contributed by atoms with Crippen molar-refractivity contribution in [3.05, 3.63) is 106 Å². The molecule has 52 heavy (non-hydrogen) atoms. The lowest BCUT2D eigenvalue weighted by molar-refractivity contribution is -0.137. The molecular weight excluding hydrogens is 745 g/mol. The van der Waals surface area contributed by atoms with Crippen LogP contribution in [-0.4, -0.2) is 38.5 Å². The SMILES string of the molecule is CCCC1(CCC)C(=O)C(C2=NS(=O)(=O)c3cc(NS(=O)(=O)c4ccc(Oc5ncc(C(F)(F)F)cc5Cl)cc4)ccc3N2)=C(O)c2ccccc21. The lowest BCUT2D eigenvalue weighted by Gasteiger charge is -2.39. The molecule has 17 heteroatoms. The van der Waals surface area contributed by atoms with E-state index < -0.39 is 53.8 Å². The van der Waals surface area contributed by atoms with E-state index in [1.165, 1.54) is 24.3 Å². The largest absolute Gasteiger partial charge is 0.506 e. The zero-order chi connectivity index (χ0) is 37.6. The van der Waals surface area contributed by atoms with Crippen molar-refractivity contribution in [2.75, 3.05) is 10.0 Å². The quantitative estimate of drug-likeness (QED) is 0.144. The molecule has 0 radical (unpaired) electrons. The monoisotopic (exact) mass is 774 g/mol. The molecule has 272 valence electrons. The maximum Gasteiger partial charge on any atom is 0.417 e. The zero-order valence-electron chi connectivity index (χ0n) is 27.5. The summed E-state index contributed by atoms with van der Waals surface area (Å²) in [4.78, 5) is 17.2. The predicted octanol–water partition coefficient (Wildman–Crippen LogP) is 8.25. The Bertz CT molecular complexity index is 2380. The number of Topliss-reactive ketones (excluding diaryl/α,β-unsaturated/α-hetero) is 1. The summed E-state index contributed by atoms with van der Waals surface area (Å²) < 4.78 is 104. The summed E-state index contributed by atoms with van der Waals surface area (Å²) in [7, 11) is -8.82. The van der Waals surface area contributed by atoms with Crippen molar-refractivity contribution >= 4 is 60.4 Å². The summed E-state index contributed by atoms with van der Waals surface area (Å²) in [6.45, 7) is 3.89. The van der Waals surface area contributed by atoms with Gasteiger partial charge in [-0.15, -0.1) is 4.40 Å². The zero-order valence-corrected chi connectivity index (χ0v) is 29.8. The number of nitrogens with one attached hydrogen (secondary N) is 2. The first-order chi connectivity index (χ1) is 24.5. The summed E-state index contributed by atoms with van der Waals surface area (Å²) in [6, 6.07) is 16.1. The number of aromatic nitrogens is 1. The van der Waals surface area contributed by atoms with Gasteiger partial charge in [0.05, 0.1) is 27.2 Å². The number of anilines is 2. The molecule has 0 bridgehead atoms. The fraction of sp³-hybridized carbons (Fsp3) is 0.229. The number of aliphatic hydroxyl groups excluding tert-OH is 1. The molecule has 1 aromatic heterocycles. The fourth-order valence-corrected chi connectivity index (χ4v) is 8.81. The number of fused-ring (bicyclic) bond motifs is 2. The number of halogens is 4. The Labute approximate surface area is 302 Å². The van der Waals surface area contributed by atoms with Gasteiger partial charge in [0.15, 0.2) is 11.6 Å². The van der Waals surface area contributed by atoms with Gasteiger partial charge in [0, 0.05) is 11.8 Å². The molecule has 2 heterocycles. The van der Waals surface area contributed by atoms with Gasteiger partial charge < -0.3 is 15.2 Å². The number of ether oxygens (including phenoxy) is 1. The molecule has 2 aliphatic rings. The van der Waals surface area contributed by atoms with E-state index in [4.69, 9.17) is 16.3 Å². The van der Waals surface area contributed by atoms with Gasteiger partial charge in [-0.1, -0.05) is 62.6 Å². The molecule has 0 saturated carbocycles. The third kappa shape index (κ3) is 6.73. The third-order valence-corrected chi connectivity index (χ3v) is 11.6. The number of sulfonamides is 2. The minimum Gasteiger partial charge on any atom is -0.506 e. The number of ketones is 1. The van der Waals surface area contributed by atoms with Crippen molar-refractivity contribution < 1.29 is 44.6 Å². The fourth-order valence-electron chi connectivity index (χ4n) is 6.40. The summed E-state index contributed by atoms with van der Waals surface area (Å²) in [5, 5.41) is 13.8. The number of amidine groups is 1. The van der Waals surface area contributed by atoms with Crippen molar-refractivity contribution in [2.45, 2.75) is 60.9 Å². The van der Waals surface area contributed by atoms with E-state index in [1.54, 1.807) is 24.3 Å². The smallest absolute Gasteiger partial charge is 0.417 e. The number of alkyl halides is 3. The number of aliphatic hydroxyl groups is 1. The summed E-state index contributed by atoms with van der Waals surface area (Å²) in [6.07, 6.45) is -1.87. The van der Waals surface area contributed by atoms with Gasteiger partial charge in [-0.3, -0.25) is 9.52 Å². The van der Waals surface area contributed by atoms with Crippen LogP contribution in [0.2, 0.25) is 5.02 Å². The molecule has 0 amide bonds. The van der Waals surface area contributed by atoms with Crippen LogP contribution in [0.5, 0.6) is 11.6 Å². The Kier molecular flexibility index (Phi) is 9.61. The van der Waals surface area contributed by atoms with Crippen LogP contribution in [0.25, 0.3) is 5.76 Å². The van der Waals surface area contributed by atoms with E-state index >= 15 is 0 Å². The molecule has 1 aliphatic heterocycles. The van der Waals surface area contributed by atoms with Crippen molar-refractivity contribution in [1.29, 1.82) is 0 Å². The first kappa shape index (κ1) is 36.8. The van der Waals surface area contributed by atoms with Crippen LogP contribution in [0, 0.1) is 0 Å². The predicted molar refractivity (Wildman–Crippen MR) is 189 cm³/mol. The maximum absolute atomic E-state index is 14.3. The van der Waals surface area contributed by atoms with E-state index in [1.807, 2.05) is 13.8 Å². The first-order valence-electron chi connectivity index (χ1n) is 15.9. The lowest BCUT2D eigenvalue weighted by Crippen LogP contribution is -2.44. The number of hydrogen-bond donors (Lipinski definition) is 3. The molecule has 0 saturated heterocycles. The molecule has 3 N–H and O–H groups in total. The van der Waals surface area contributed by atoms with E-state index in [2.05, 4.69) is 19.4 Å². The van der Waals surface area contributed by atoms with Gasteiger partial charge >= 0.3 is 6.18 Å². The molecule has 11 nitrogen and oxygen atoms in total. The average Bonchev–Trinajstić information content (AvgIpc) is 3.08. The minimum absolute atomic E-state index is 0.00790. The highest BCUT2D eigenvalue weighted by Crippen LogP contribution is 2.46. The average molecular weight is 775 g/mol. The highest BCUT2D eigenvalue weighted by atomic mass is 35.5. The standard InChI is InChI=1S/C35H30ClF3N4O7S2/c1-3-15-34(16-4-2)25-8-6-5-7-24(25)30(44)29(31(34)45)32-41-27-14-9-21(18-28(27)52(48,49)43-32)42-51(46,47)23-12-10-22(11-13-23)50-33-26(36)17-20(19-40-33)35(37,38)39/h5-14,17-19,42,44H,3-4,15-16H2,1-2H3,(H,41,43). The highest BCUT2D eigenvalue weighted by Gasteiger charge is 2.48. The Balaban J connectivity index is 1.25. The normalized spacial score (nSPS) is 16.3. The Morgan fingerprint density at radius 2 is 1.67 bits per heavy atom. The second-order valence-corrected chi connectivity index (χ2v) is 15.8. The van der Waals surface area contributed by atoms with Gasteiger partial charge in [0.25, 0.3) is 20.0 Å². The number of hydrogen-bond acceptors (Lipinski definition) is 9. The van der Waals surface area contributed by atoms with Crippen molar-refractivity contribution in [3.8, 4) is 11.6 Å². The Hall–Kier alpha value is -4.93. The van der Waals surface area contributed by atoms with Crippen LogP contribution < -0.4 is 14.8 Å². The second-order valence-electron chi connectivity index (χ2n) is 12.1. The highest BCUT2D eigenvalue weighted by molar-refractivity contribution is 7.92. The molecule has 1 aliphatic carbocycles. The Morgan fingerprint density at radius 1 is 1.00 bits per heavy atom. The van der Waals surface area contributed by atoms with E-state index in [-0.39, 0.29) is 44.2 Å². The number of pyridine rings is 1. The van der Waals surface area contributed by atoms with Crippen molar-refractivity contribution in [1.82, 2.24) is 4.98 Å². The minimum atomic E-state index is -4.66. The van der Waals surface area contributed by atoms with Crippen LogP contribution in [-0.2, 0) is 36.4 Å². The number of carbonyl (C=O) groups excluding carboxylic acids is 1. The summed E-state index contributed by atoms with van der Waals surface area (Å²) in [5.74, 6) is -1.49. The molecule has 0 fully saturated rings. The van der Waals surface area contributed by atoms with E-state index in [9.17, 15) is 39.9 Å². The van der Waals surface area contributed by atoms with E-state index in [0.29, 0.717) is 49.1 Å². The van der Waals surface area contributed by atoms with Crippen molar-refractivity contribution in [3.63, 3.8) is 0 Å². The molecule has 0 spiro atoms. The Morgan fingerprint density at radius 3 is 2.31 bits per heavy atom. The van der Waals surface area contributed by atoms with Gasteiger partial charge in [0.2, 0.25) is 5.88 Å². The number of nitrogens with zero attached hydrogens (tertiary/aromatic N) is 2.